The van der Waals surface area contributed by atoms with E-state index in [4.69, 9.17) is 9.90 Å². The third-order valence-corrected chi connectivity index (χ3v) is 6.37. The molecule has 0 heterocycles. The quantitative estimate of drug-likeness (QED) is 0.207. The Labute approximate surface area is 177 Å². The molecular formula is C24H51BO3. The summed E-state index contributed by atoms with van der Waals surface area (Å²) < 4.78 is 0. The molecule has 28 heavy (non-hydrogen) atoms. The van der Waals surface area contributed by atoms with Crippen LogP contribution in [-0.2, 0) is 4.79 Å². The number of aliphatic hydroxyl groups is 1. The molecule has 3 nitrogen and oxygen atoms in total. The van der Waals surface area contributed by atoms with Gasteiger partial charge in [-0.3, -0.25) is 4.79 Å². The van der Waals surface area contributed by atoms with Crippen LogP contribution in [0.4, 0.5) is 0 Å². The second kappa shape index (κ2) is 18.5. The zero-order valence-electron chi connectivity index (χ0n) is 20.2. The second-order valence-electron chi connectivity index (χ2n) is 9.59. The summed E-state index contributed by atoms with van der Waals surface area (Å²) >= 11 is 0. The Balaban J connectivity index is 0. The first-order valence-electron chi connectivity index (χ1n) is 11.9. The van der Waals surface area contributed by atoms with Crippen molar-refractivity contribution < 1.29 is 15.0 Å². The monoisotopic (exact) mass is 398 g/mol. The lowest BCUT2D eigenvalue weighted by Gasteiger charge is -2.36. The highest BCUT2D eigenvalue weighted by Gasteiger charge is 2.34. The van der Waals surface area contributed by atoms with Gasteiger partial charge in [0.05, 0.1) is 6.10 Å². The van der Waals surface area contributed by atoms with E-state index in [-0.39, 0.29) is 6.10 Å². The molecule has 0 aliphatic heterocycles. The van der Waals surface area contributed by atoms with Gasteiger partial charge in [-0.25, -0.2) is 0 Å². The first-order chi connectivity index (χ1) is 13.1. The summed E-state index contributed by atoms with van der Waals surface area (Å²) in [6, 6.07) is 0. The molecule has 2 N–H and O–H groups in total. The molecule has 0 fully saturated rings. The summed E-state index contributed by atoms with van der Waals surface area (Å²) in [7, 11) is 0. The van der Waals surface area contributed by atoms with Crippen molar-refractivity contribution >= 4 is 12.7 Å². The van der Waals surface area contributed by atoms with Gasteiger partial charge in [0.2, 0.25) is 0 Å². The molecule has 0 bridgehead atoms. The van der Waals surface area contributed by atoms with Crippen LogP contribution in [0.3, 0.4) is 0 Å². The van der Waals surface area contributed by atoms with E-state index in [0.717, 1.165) is 26.0 Å². The Bertz CT molecular complexity index is 350. The number of aliphatic carboxylic acids is 1. The van der Waals surface area contributed by atoms with Crippen LogP contribution in [0.5, 0.6) is 0 Å². The van der Waals surface area contributed by atoms with Crippen molar-refractivity contribution in [3.05, 3.63) is 0 Å². The first kappa shape index (κ1) is 29.7. The third-order valence-electron chi connectivity index (χ3n) is 6.37. The van der Waals surface area contributed by atoms with Crippen LogP contribution in [0.2, 0.25) is 18.0 Å². The number of carboxylic acids is 1. The minimum atomic E-state index is -0.833. The van der Waals surface area contributed by atoms with Gasteiger partial charge in [0.25, 0.3) is 5.97 Å². The summed E-state index contributed by atoms with van der Waals surface area (Å²) in [6.07, 6.45) is 17.4. The lowest BCUT2D eigenvalue weighted by atomic mass is 9.28. The molecule has 0 aliphatic rings. The molecule has 1 atom stereocenters. The van der Waals surface area contributed by atoms with Crippen LogP contribution < -0.4 is 0 Å². The molecule has 0 saturated heterocycles. The summed E-state index contributed by atoms with van der Waals surface area (Å²) in [5.41, 5.74) is 0. The van der Waals surface area contributed by atoms with Crippen molar-refractivity contribution in [2.75, 3.05) is 0 Å². The topological polar surface area (TPSA) is 57.5 Å². The number of carboxylic acid groups (broad SMARTS) is 1. The Morgan fingerprint density at radius 1 is 0.857 bits per heavy atom. The van der Waals surface area contributed by atoms with Crippen molar-refractivity contribution in [3.63, 3.8) is 0 Å². The SMILES string of the molecule is CC(=O)O.CCCCCCCCCCCB(CCCC(C)O)C(C)(C)C(C)C. The van der Waals surface area contributed by atoms with Gasteiger partial charge in [0.1, 0.15) is 6.71 Å². The molecule has 0 amide bonds. The minimum Gasteiger partial charge on any atom is -0.481 e. The Hall–Kier alpha value is -0.505. The lowest BCUT2D eigenvalue weighted by molar-refractivity contribution is -0.134. The lowest BCUT2D eigenvalue weighted by Crippen LogP contribution is -2.32. The number of aliphatic hydroxyl groups excluding tert-OH is 1. The number of unbranched alkanes of at least 4 members (excludes halogenated alkanes) is 8. The van der Waals surface area contributed by atoms with Gasteiger partial charge in [-0.05, 0) is 19.3 Å². The predicted molar refractivity (Wildman–Crippen MR) is 126 cm³/mol. The highest BCUT2D eigenvalue weighted by molar-refractivity contribution is 6.62. The minimum absolute atomic E-state index is 0.138. The summed E-state index contributed by atoms with van der Waals surface area (Å²) in [6.45, 7) is 15.8. The maximum Gasteiger partial charge on any atom is 0.300 e. The van der Waals surface area contributed by atoms with Gasteiger partial charge in [-0.15, -0.1) is 0 Å². The molecule has 0 spiro atoms. The maximum absolute atomic E-state index is 9.53. The number of carbonyl (C=O) groups is 1. The number of rotatable bonds is 16. The van der Waals surface area contributed by atoms with Gasteiger partial charge >= 0.3 is 0 Å². The Kier molecular flexibility index (Phi) is 19.6. The second-order valence-corrected chi connectivity index (χ2v) is 9.59. The molecular weight excluding hydrogens is 347 g/mol. The van der Waals surface area contributed by atoms with Crippen molar-refractivity contribution in [2.45, 2.75) is 143 Å². The largest absolute Gasteiger partial charge is 0.481 e. The van der Waals surface area contributed by atoms with Gasteiger partial charge < -0.3 is 10.2 Å². The van der Waals surface area contributed by atoms with Crippen LogP contribution in [0.25, 0.3) is 0 Å². The Morgan fingerprint density at radius 3 is 1.64 bits per heavy atom. The van der Waals surface area contributed by atoms with E-state index >= 15 is 0 Å². The molecule has 1 unspecified atom stereocenters. The van der Waals surface area contributed by atoms with E-state index in [1.54, 1.807) is 0 Å². The van der Waals surface area contributed by atoms with Crippen molar-refractivity contribution in [1.29, 1.82) is 0 Å². The Morgan fingerprint density at radius 2 is 1.25 bits per heavy atom. The van der Waals surface area contributed by atoms with Gasteiger partial charge in [0, 0.05) is 6.92 Å². The summed E-state index contributed by atoms with van der Waals surface area (Å²) in [4.78, 5) is 9.00. The molecule has 0 aliphatic carbocycles. The molecule has 0 saturated carbocycles. The zero-order chi connectivity index (χ0) is 22.0. The third kappa shape index (κ3) is 18.8. The number of hydrogen-bond donors (Lipinski definition) is 2. The fourth-order valence-electron chi connectivity index (χ4n) is 3.72. The fraction of sp³-hybridized carbons (Fsp3) is 0.958. The zero-order valence-corrected chi connectivity index (χ0v) is 20.2. The standard InChI is InChI=1S/C22H47BO.C2H4O2/c1-7-8-9-10-11-12-13-14-15-18-23(19-16-17-21(4)24)22(5,6)20(2)3;1-2(3)4/h20-21,24H,7-19H2,1-6H3;1H3,(H,3,4). The van der Waals surface area contributed by atoms with E-state index < -0.39 is 5.97 Å². The fourth-order valence-corrected chi connectivity index (χ4v) is 3.72. The van der Waals surface area contributed by atoms with Crippen LogP contribution in [-0.4, -0.2) is 29.0 Å². The van der Waals surface area contributed by atoms with Gasteiger partial charge in [0.15, 0.2) is 0 Å². The van der Waals surface area contributed by atoms with E-state index in [2.05, 4.69) is 34.6 Å². The number of hydrogen-bond acceptors (Lipinski definition) is 2. The van der Waals surface area contributed by atoms with Crippen LogP contribution in [0.1, 0.15) is 119 Å². The van der Waals surface area contributed by atoms with E-state index in [9.17, 15) is 5.11 Å². The highest BCUT2D eigenvalue weighted by Crippen LogP contribution is 2.42. The molecule has 0 rings (SSSR count). The molecule has 168 valence electrons. The average molecular weight is 398 g/mol. The van der Waals surface area contributed by atoms with E-state index in [0.29, 0.717) is 5.31 Å². The van der Waals surface area contributed by atoms with Crippen LogP contribution in [0.15, 0.2) is 0 Å². The molecule has 0 radical (unpaired) electrons. The summed E-state index contributed by atoms with van der Waals surface area (Å²) in [5, 5.41) is 17.4. The first-order valence-corrected chi connectivity index (χ1v) is 11.9. The van der Waals surface area contributed by atoms with Crippen LogP contribution in [0, 0.1) is 5.92 Å². The molecule has 4 heteroatoms. The van der Waals surface area contributed by atoms with Crippen molar-refractivity contribution in [2.24, 2.45) is 5.92 Å². The normalized spacial score (nSPS) is 12.5. The van der Waals surface area contributed by atoms with E-state index in [1.807, 2.05) is 6.92 Å². The smallest absolute Gasteiger partial charge is 0.300 e. The van der Waals surface area contributed by atoms with Crippen molar-refractivity contribution in [3.8, 4) is 0 Å². The molecule has 0 aromatic carbocycles. The predicted octanol–water partition coefficient (Wildman–Crippen LogP) is 7.70. The van der Waals surface area contributed by atoms with Crippen LogP contribution >= 0.6 is 0 Å². The average Bonchev–Trinajstić information content (AvgIpc) is 2.57. The van der Waals surface area contributed by atoms with E-state index in [1.165, 1.54) is 76.8 Å². The maximum atomic E-state index is 9.53. The summed E-state index contributed by atoms with van der Waals surface area (Å²) in [5.74, 6) is -0.104. The molecule has 0 aromatic heterocycles. The highest BCUT2D eigenvalue weighted by atomic mass is 16.4. The van der Waals surface area contributed by atoms with Crippen molar-refractivity contribution in [1.82, 2.24) is 0 Å². The van der Waals surface area contributed by atoms with Gasteiger partial charge in [-0.2, -0.15) is 0 Å². The molecule has 0 aromatic rings. The van der Waals surface area contributed by atoms with Gasteiger partial charge in [-0.1, -0.05) is 117 Å².